The van der Waals surface area contributed by atoms with Crippen LogP contribution >= 0.6 is 0 Å². The second-order valence-electron chi connectivity index (χ2n) is 1.61. The van der Waals surface area contributed by atoms with Crippen molar-refractivity contribution in [1.29, 1.82) is 0 Å². The summed E-state index contributed by atoms with van der Waals surface area (Å²) in [5.41, 5.74) is 0. The van der Waals surface area contributed by atoms with Crippen molar-refractivity contribution in [2.24, 2.45) is 0 Å². The SMILES string of the molecule is OB(O)C1COCO1. The number of hydrogen-bond donors (Lipinski definition) is 2. The maximum atomic E-state index is 8.40. The van der Waals surface area contributed by atoms with Crippen LogP contribution in [-0.2, 0) is 9.47 Å². The van der Waals surface area contributed by atoms with Crippen molar-refractivity contribution >= 4 is 7.12 Å². The molecule has 0 spiro atoms. The zero-order valence-corrected chi connectivity index (χ0v) is 4.28. The van der Waals surface area contributed by atoms with Crippen LogP contribution in [-0.4, -0.2) is 36.6 Å². The van der Waals surface area contributed by atoms with Gasteiger partial charge in [0.15, 0.2) is 0 Å². The molecule has 1 atom stereocenters. The number of rotatable bonds is 1. The first-order valence-corrected chi connectivity index (χ1v) is 2.36. The molecule has 1 saturated heterocycles. The van der Waals surface area contributed by atoms with Gasteiger partial charge in [0.1, 0.15) is 12.8 Å². The molecule has 2 N–H and O–H groups in total. The van der Waals surface area contributed by atoms with Gasteiger partial charge in [0.25, 0.3) is 0 Å². The Morgan fingerprint density at radius 3 is 2.50 bits per heavy atom. The summed E-state index contributed by atoms with van der Waals surface area (Å²) in [6, 6.07) is -0.546. The second-order valence-corrected chi connectivity index (χ2v) is 1.61. The minimum absolute atomic E-state index is 0.169. The van der Waals surface area contributed by atoms with E-state index in [4.69, 9.17) is 14.8 Å². The highest BCUT2D eigenvalue weighted by atomic mass is 16.7. The Hall–Kier alpha value is -0.0951. The van der Waals surface area contributed by atoms with Gasteiger partial charge >= 0.3 is 7.12 Å². The van der Waals surface area contributed by atoms with Crippen molar-refractivity contribution < 1.29 is 19.5 Å². The molecule has 0 amide bonds. The Labute approximate surface area is 47.2 Å². The van der Waals surface area contributed by atoms with Crippen LogP contribution in [0.15, 0.2) is 0 Å². The van der Waals surface area contributed by atoms with E-state index in [2.05, 4.69) is 4.74 Å². The summed E-state index contributed by atoms with van der Waals surface area (Å²) in [5, 5.41) is 16.8. The first-order valence-electron chi connectivity index (χ1n) is 2.36. The van der Waals surface area contributed by atoms with E-state index >= 15 is 0 Å². The van der Waals surface area contributed by atoms with Crippen molar-refractivity contribution in [3.63, 3.8) is 0 Å². The van der Waals surface area contributed by atoms with Gasteiger partial charge in [-0.1, -0.05) is 0 Å². The molecule has 0 aromatic heterocycles. The zero-order valence-electron chi connectivity index (χ0n) is 4.28. The van der Waals surface area contributed by atoms with E-state index in [-0.39, 0.29) is 13.4 Å². The molecule has 0 bridgehead atoms. The van der Waals surface area contributed by atoms with E-state index in [9.17, 15) is 0 Å². The molecule has 5 heteroatoms. The van der Waals surface area contributed by atoms with Crippen molar-refractivity contribution in [2.45, 2.75) is 6.00 Å². The molecule has 8 heavy (non-hydrogen) atoms. The number of ether oxygens (including phenoxy) is 2. The molecule has 0 aromatic rings. The Morgan fingerprint density at radius 2 is 2.25 bits per heavy atom. The molecule has 1 rings (SSSR count). The maximum absolute atomic E-state index is 8.40. The molecule has 1 aliphatic rings. The molecule has 1 unspecified atom stereocenters. The molecule has 0 aliphatic carbocycles. The molecular formula is C3H7BO4. The first kappa shape index (κ1) is 6.03. The van der Waals surface area contributed by atoms with Crippen LogP contribution < -0.4 is 0 Å². The quantitative estimate of drug-likeness (QED) is 0.406. The fourth-order valence-electron chi connectivity index (χ4n) is 0.520. The molecule has 0 aromatic carbocycles. The Morgan fingerprint density at radius 1 is 1.50 bits per heavy atom. The summed E-state index contributed by atoms with van der Waals surface area (Å²) >= 11 is 0. The van der Waals surface area contributed by atoms with E-state index in [1.54, 1.807) is 0 Å². The van der Waals surface area contributed by atoms with E-state index in [1.807, 2.05) is 0 Å². The smallest absolute Gasteiger partial charge is 0.425 e. The van der Waals surface area contributed by atoms with Crippen molar-refractivity contribution in [1.82, 2.24) is 0 Å². The lowest BCUT2D eigenvalue weighted by Gasteiger charge is -2.01. The average molecular weight is 118 g/mol. The van der Waals surface area contributed by atoms with Crippen LogP contribution in [0.3, 0.4) is 0 Å². The van der Waals surface area contributed by atoms with Crippen molar-refractivity contribution in [2.75, 3.05) is 13.4 Å². The lowest BCUT2D eigenvalue weighted by Crippen LogP contribution is -2.32. The summed E-state index contributed by atoms with van der Waals surface area (Å²) in [7, 11) is -1.41. The summed E-state index contributed by atoms with van der Waals surface area (Å²) in [5.74, 6) is 0. The second kappa shape index (κ2) is 2.45. The molecule has 1 fully saturated rings. The van der Waals surface area contributed by atoms with Gasteiger partial charge in [-0.05, 0) is 0 Å². The molecular weight excluding hydrogens is 111 g/mol. The highest BCUT2D eigenvalue weighted by molar-refractivity contribution is 6.42. The minimum atomic E-state index is -1.41. The summed E-state index contributed by atoms with van der Waals surface area (Å²) < 4.78 is 9.37. The fraction of sp³-hybridized carbons (Fsp3) is 1.00. The third-order valence-corrected chi connectivity index (χ3v) is 0.980. The van der Waals surface area contributed by atoms with Crippen LogP contribution in [0.2, 0.25) is 0 Å². The van der Waals surface area contributed by atoms with Gasteiger partial charge in [-0.15, -0.1) is 0 Å². The zero-order chi connectivity index (χ0) is 5.98. The fourth-order valence-corrected chi connectivity index (χ4v) is 0.520. The summed E-state index contributed by atoms with van der Waals surface area (Å²) in [6.45, 7) is 0.444. The maximum Gasteiger partial charge on any atom is 0.485 e. The topological polar surface area (TPSA) is 58.9 Å². The summed E-state index contributed by atoms with van der Waals surface area (Å²) in [4.78, 5) is 0. The Bertz CT molecular complexity index is 69.7. The van der Waals surface area contributed by atoms with Crippen molar-refractivity contribution in [3.05, 3.63) is 0 Å². The van der Waals surface area contributed by atoms with E-state index in [1.165, 1.54) is 0 Å². The van der Waals surface area contributed by atoms with Gasteiger partial charge in [0, 0.05) is 0 Å². The normalized spacial score (nSPS) is 28.5. The predicted octanol–water partition coefficient (Wildman–Crippen LogP) is -1.63. The molecule has 46 valence electrons. The average Bonchev–Trinajstić information content (AvgIpc) is 2.12. The molecule has 0 radical (unpaired) electrons. The van der Waals surface area contributed by atoms with Crippen LogP contribution in [0.1, 0.15) is 0 Å². The van der Waals surface area contributed by atoms with Crippen LogP contribution in [0.25, 0.3) is 0 Å². The molecule has 1 aliphatic heterocycles. The molecule has 1 heterocycles. The minimum Gasteiger partial charge on any atom is -0.425 e. The van der Waals surface area contributed by atoms with Crippen LogP contribution in [0.4, 0.5) is 0 Å². The van der Waals surface area contributed by atoms with Gasteiger partial charge in [-0.25, -0.2) is 0 Å². The highest BCUT2D eigenvalue weighted by Crippen LogP contribution is 2.02. The van der Waals surface area contributed by atoms with E-state index < -0.39 is 13.1 Å². The molecule has 0 saturated carbocycles. The van der Waals surface area contributed by atoms with E-state index in [0.717, 1.165) is 0 Å². The van der Waals surface area contributed by atoms with Gasteiger partial charge < -0.3 is 19.5 Å². The first-order chi connectivity index (χ1) is 3.80. The highest BCUT2D eigenvalue weighted by Gasteiger charge is 2.28. The third kappa shape index (κ3) is 1.19. The predicted molar refractivity (Wildman–Crippen MR) is 25.9 cm³/mol. The monoisotopic (exact) mass is 118 g/mol. The third-order valence-electron chi connectivity index (χ3n) is 0.980. The summed E-state index contributed by atoms with van der Waals surface area (Å²) in [6.07, 6.45) is 0. The largest absolute Gasteiger partial charge is 0.485 e. The lowest BCUT2D eigenvalue weighted by atomic mass is 9.83. The lowest BCUT2D eigenvalue weighted by molar-refractivity contribution is 0.0561. The van der Waals surface area contributed by atoms with Crippen LogP contribution in [0, 0.1) is 0 Å². The van der Waals surface area contributed by atoms with Gasteiger partial charge in [0.2, 0.25) is 0 Å². The van der Waals surface area contributed by atoms with E-state index in [0.29, 0.717) is 0 Å². The van der Waals surface area contributed by atoms with Gasteiger partial charge in [-0.3, -0.25) is 0 Å². The number of hydrogen-bond acceptors (Lipinski definition) is 4. The molecule has 4 nitrogen and oxygen atoms in total. The van der Waals surface area contributed by atoms with Gasteiger partial charge in [-0.2, -0.15) is 0 Å². The van der Waals surface area contributed by atoms with Crippen molar-refractivity contribution in [3.8, 4) is 0 Å². The standard InChI is InChI=1S/C3H7BO4/c5-4(6)3-1-7-2-8-3/h3,5-6H,1-2H2. The van der Waals surface area contributed by atoms with Gasteiger partial charge in [0.05, 0.1) is 6.61 Å². The Kier molecular flexibility index (Phi) is 1.85. The van der Waals surface area contributed by atoms with Crippen LogP contribution in [0.5, 0.6) is 0 Å². The Balaban J connectivity index is 2.24.